The first-order valence-corrected chi connectivity index (χ1v) is 5.07. The first-order chi connectivity index (χ1) is 6.72. The third kappa shape index (κ3) is 1.81. The van der Waals surface area contributed by atoms with E-state index in [1.165, 1.54) is 12.8 Å². The Kier molecular flexibility index (Phi) is 2.57. The number of pyridine rings is 1. The first-order valence-electron chi connectivity index (χ1n) is 5.07. The zero-order valence-corrected chi connectivity index (χ0v) is 8.27. The molecule has 1 heterocycles. The highest BCUT2D eigenvalue weighted by Gasteiger charge is 2.26. The highest BCUT2D eigenvalue weighted by Crippen LogP contribution is 2.39. The molecular weight excluding hydrogens is 177 g/mol. The Hall–Kier alpha value is -0.865. The number of rotatable bonds is 3. The van der Waals surface area contributed by atoms with Gasteiger partial charge in [0, 0.05) is 17.4 Å². The van der Waals surface area contributed by atoms with Crippen LogP contribution in [0.25, 0.3) is 0 Å². The average molecular weight is 191 g/mol. The summed E-state index contributed by atoms with van der Waals surface area (Å²) >= 11 is 0. The minimum Gasteiger partial charge on any atom is -0.423 e. The summed E-state index contributed by atoms with van der Waals surface area (Å²) in [5, 5.41) is 18.4. The molecule has 2 rings (SSSR count). The van der Waals surface area contributed by atoms with Gasteiger partial charge in [0.1, 0.15) is 0 Å². The number of hydrogen-bond donors (Lipinski definition) is 2. The lowest BCUT2D eigenvalue weighted by molar-refractivity contribution is 0.425. The summed E-state index contributed by atoms with van der Waals surface area (Å²) in [5.41, 5.74) is 2.49. The van der Waals surface area contributed by atoms with Gasteiger partial charge in [-0.2, -0.15) is 0 Å². The number of nitrogens with zero attached hydrogens (tertiary/aromatic N) is 1. The van der Waals surface area contributed by atoms with Crippen molar-refractivity contribution in [3.05, 3.63) is 23.5 Å². The quantitative estimate of drug-likeness (QED) is 0.671. The lowest BCUT2D eigenvalue weighted by Crippen LogP contribution is -2.34. The second kappa shape index (κ2) is 3.71. The molecule has 0 amide bonds. The van der Waals surface area contributed by atoms with E-state index in [4.69, 9.17) is 0 Å². The molecule has 0 unspecified atom stereocenters. The van der Waals surface area contributed by atoms with Gasteiger partial charge >= 0.3 is 7.12 Å². The first kappa shape index (κ1) is 9.68. The van der Waals surface area contributed by atoms with Gasteiger partial charge in [-0.3, -0.25) is 4.98 Å². The molecule has 1 aliphatic carbocycles. The zero-order valence-electron chi connectivity index (χ0n) is 8.27. The van der Waals surface area contributed by atoms with Gasteiger partial charge < -0.3 is 10.0 Å². The standard InChI is InChI=1S/C10H14BNO2/c1-2-10-9(11(13)14)5-8(6-12-10)7-3-4-7/h5-7,13-14H,2-4H2,1H3. The van der Waals surface area contributed by atoms with Gasteiger partial charge in [-0.05, 0) is 30.7 Å². The molecule has 1 fully saturated rings. The van der Waals surface area contributed by atoms with Crippen LogP contribution in [-0.2, 0) is 6.42 Å². The Morgan fingerprint density at radius 1 is 1.50 bits per heavy atom. The Bertz CT molecular complexity index is 337. The maximum atomic E-state index is 9.18. The monoisotopic (exact) mass is 191 g/mol. The lowest BCUT2D eigenvalue weighted by Gasteiger charge is -2.07. The molecule has 0 aliphatic heterocycles. The van der Waals surface area contributed by atoms with Crippen LogP contribution in [0.2, 0.25) is 0 Å². The number of aromatic nitrogens is 1. The van der Waals surface area contributed by atoms with Crippen molar-refractivity contribution >= 4 is 12.6 Å². The molecule has 2 N–H and O–H groups in total. The molecule has 0 bridgehead atoms. The molecule has 74 valence electrons. The van der Waals surface area contributed by atoms with Crippen LogP contribution in [0.1, 0.15) is 36.9 Å². The van der Waals surface area contributed by atoms with Crippen LogP contribution in [-0.4, -0.2) is 22.2 Å². The van der Waals surface area contributed by atoms with Gasteiger partial charge in [0.15, 0.2) is 0 Å². The van der Waals surface area contributed by atoms with Gasteiger partial charge in [0.25, 0.3) is 0 Å². The van der Waals surface area contributed by atoms with Gasteiger partial charge in [-0.25, -0.2) is 0 Å². The van der Waals surface area contributed by atoms with Crippen molar-refractivity contribution in [2.75, 3.05) is 0 Å². The lowest BCUT2D eigenvalue weighted by atomic mass is 9.77. The Balaban J connectivity index is 2.35. The summed E-state index contributed by atoms with van der Waals surface area (Å²) in [7, 11) is -1.39. The molecule has 3 nitrogen and oxygen atoms in total. The van der Waals surface area contributed by atoms with E-state index in [1.54, 1.807) is 0 Å². The predicted molar refractivity (Wildman–Crippen MR) is 55.4 cm³/mol. The van der Waals surface area contributed by atoms with Crippen LogP contribution in [0.3, 0.4) is 0 Å². The van der Waals surface area contributed by atoms with Crippen LogP contribution in [0, 0.1) is 0 Å². The minimum atomic E-state index is -1.39. The Morgan fingerprint density at radius 2 is 2.21 bits per heavy atom. The second-order valence-corrected chi connectivity index (χ2v) is 3.81. The van der Waals surface area contributed by atoms with Crippen molar-refractivity contribution in [1.29, 1.82) is 0 Å². The van der Waals surface area contributed by atoms with Gasteiger partial charge in [-0.1, -0.05) is 13.0 Å². The molecule has 0 saturated heterocycles. The van der Waals surface area contributed by atoms with Crippen molar-refractivity contribution in [2.45, 2.75) is 32.1 Å². The molecule has 0 atom stereocenters. The van der Waals surface area contributed by atoms with E-state index in [1.807, 2.05) is 19.2 Å². The van der Waals surface area contributed by atoms with E-state index in [0.29, 0.717) is 11.4 Å². The van der Waals surface area contributed by atoms with Crippen LogP contribution in [0.4, 0.5) is 0 Å². The molecule has 4 heteroatoms. The van der Waals surface area contributed by atoms with Gasteiger partial charge in [0.05, 0.1) is 0 Å². The van der Waals surface area contributed by atoms with Crippen molar-refractivity contribution in [3.8, 4) is 0 Å². The Labute approximate surface area is 84.0 Å². The molecule has 1 aromatic heterocycles. The molecule has 0 spiro atoms. The Morgan fingerprint density at radius 3 is 2.71 bits per heavy atom. The SMILES string of the molecule is CCc1ncc(C2CC2)cc1B(O)O. The normalized spacial score (nSPS) is 15.6. The smallest absolute Gasteiger partial charge is 0.423 e. The maximum Gasteiger partial charge on any atom is 0.490 e. The van der Waals surface area contributed by atoms with E-state index in [9.17, 15) is 10.0 Å². The fraction of sp³-hybridized carbons (Fsp3) is 0.500. The van der Waals surface area contributed by atoms with Crippen molar-refractivity contribution < 1.29 is 10.0 Å². The minimum absolute atomic E-state index is 0.567. The summed E-state index contributed by atoms with van der Waals surface area (Å²) in [5.74, 6) is 0.603. The topological polar surface area (TPSA) is 53.4 Å². The molecule has 1 saturated carbocycles. The summed E-state index contributed by atoms with van der Waals surface area (Å²) in [6, 6.07) is 1.88. The van der Waals surface area contributed by atoms with Crippen LogP contribution in [0.5, 0.6) is 0 Å². The molecule has 0 radical (unpaired) electrons. The fourth-order valence-corrected chi connectivity index (χ4v) is 1.69. The third-order valence-corrected chi connectivity index (χ3v) is 2.69. The predicted octanol–water partition coefficient (Wildman–Crippen LogP) is 0.201. The van der Waals surface area contributed by atoms with Gasteiger partial charge in [-0.15, -0.1) is 0 Å². The maximum absolute atomic E-state index is 9.18. The summed E-state index contributed by atoms with van der Waals surface area (Å²) in [6.45, 7) is 1.96. The third-order valence-electron chi connectivity index (χ3n) is 2.69. The van der Waals surface area contributed by atoms with Crippen molar-refractivity contribution in [3.63, 3.8) is 0 Å². The van der Waals surface area contributed by atoms with Gasteiger partial charge in [0.2, 0.25) is 0 Å². The summed E-state index contributed by atoms with van der Waals surface area (Å²) in [6.07, 6.45) is 5.00. The fourth-order valence-electron chi connectivity index (χ4n) is 1.69. The molecule has 14 heavy (non-hydrogen) atoms. The second-order valence-electron chi connectivity index (χ2n) is 3.81. The largest absolute Gasteiger partial charge is 0.490 e. The average Bonchev–Trinajstić information content (AvgIpc) is 3.00. The van der Waals surface area contributed by atoms with Crippen molar-refractivity contribution in [1.82, 2.24) is 4.98 Å². The van der Waals surface area contributed by atoms with E-state index in [0.717, 1.165) is 17.7 Å². The molecule has 0 aromatic carbocycles. The van der Waals surface area contributed by atoms with E-state index in [-0.39, 0.29) is 0 Å². The summed E-state index contributed by atoms with van der Waals surface area (Å²) in [4.78, 5) is 4.26. The number of hydrogen-bond acceptors (Lipinski definition) is 3. The van der Waals surface area contributed by atoms with E-state index >= 15 is 0 Å². The zero-order chi connectivity index (χ0) is 10.1. The molecule has 1 aliphatic rings. The summed E-state index contributed by atoms with van der Waals surface area (Å²) < 4.78 is 0. The van der Waals surface area contributed by atoms with Crippen LogP contribution >= 0.6 is 0 Å². The molecular formula is C10H14BNO2. The van der Waals surface area contributed by atoms with Crippen LogP contribution in [0.15, 0.2) is 12.3 Å². The van der Waals surface area contributed by atoms with E-state index < -0.39 is 7.12 Å². The van der Waals surface area contributed by atoms with Crippen molar-refractivity contribution in [2.24, 2.45) is 0 Å². The molecule has 1 aromatic rings. The highest BCUT2D eigenvalue weighted by molar-refractivity contribution is 6.59. The van der Waals surface area contributed by atoms with Crippen LogP contribution < -0.4 is 5.46 Å². The highest BCUT2D eigenvalue weighted by atomic mass is 16.4. The number of aryl methyl sites for hydroxylation is 1. The van der Waals surface area contributed by atoms with E-state index in [2.05, 4.69) is 4.98 Å².